The van der Waals surface area contributed by atoms with Gasteiger partial charge in [0.15, 0.2) is 0 Å². The maximum atomic E-state index is 11.8. The minimum Gasteiger partial charge on any atom is -0.464 e. The quantitative estimate of drug-likeness (QED) is 0.758. The molecule has 18 heavy (non-hydrogen) atoms. The number of ether oxygens (including phenoxy) is 1. The van der Waals surface area contributed by atoms with Crippen molar-refractivity contribution in [2.75, 3.05) is 6.61 Å². The molecule has 1 saturated carbocycles. The molecule has 0 bridgehead atoms. The van der Waals surface area contributed by atoms with E-state index in [-0.39, 0.29) is 18.4 Å². The summed E-state index contributed by atoms with van der Waals surface area (Å²) < 4.78 is 5.34. The molecule has 0 saturated heterocycles. The van der Waals surface area contributed by atoms with E-state index in [2.05, 4.69) is 13.8 Å². The standard InChI is InChI=1S/C14H27NO2.ClH/c1-3-11(4-2)10-17-14(16)13(15)12-8-6-5-7-9-12;/h11-13H,3-10,15H2,1-2H3;1H/t13-;/m0./s1. The highest BCUT2D eigenvalue weighted by Gasteiger charge is 2.27. The first-order valence-corrected chi connectivity index (χ1v) is 7.11. The molecule has 0 heterocycles. The third kappa shape index (κ3) is 5.57. The molecule has 3 nitrogen and oxygen atoms in total. The van der Waals surface area contributed by atoms with Crippen LogP contribution in [0, 0.1) is 11.8 Å². The van der Waals surface area contributed by atoms with E-state index < -0.39 is 6.04 Å². The molecule has 0 aromatic heterocycles. The number of rotatable bonds is 6. The first-order chi connectivity index (χ1) is 8.19. The molecule has 1 fully saturated rings. The van der Waals surface area contributed by atoms with Gasteiger partial charge < -0.3 is 10.5 Å². The van der Waals surface area contributed by atoms with E-state index in [9.17, 15) is 4.79 Å². The van der Waals surface area contributed by atoms with Crippen molar-refractivity contribution in [3.8, 4) is 0 Å². The topological polar surface area (TPSA) is 52.3 Å². The average Bonchev–Trinajstić information content (AvgIpc) is 2.39. The molecule has 0 aromatic carbocycles. The second kappa shape index (κ2) is 9.62. The van der Waals surface area contributed by atoms with Gasteiger partial charge in [0.2, 0.25) is 0 Å². The van der Waals surface area contributed by atoms with Gasteiger partial charge >= 0.3 is 5.97 Å². The molecule has 1 atom stereocenters. The number of esters is 1. The van der Waals surface area contributed by atoms with Gasteiger partial charge in [-0.15, -0.1) is 12.4 Å². The van der Waals surface area contributed by atoms with Crippen molar-refractivity contribution in [3.05, 3.63) is 0 Å². The molecule has 0 amide bonds. The van der Waals surface area contributed by atoms with E-state index in [1.165, 1.54) is 19.3 Å². The normalized spacial score (nSPS) is 18.2. The summed E-state index contributed by atoms with van der Waals surface area (Å²) in [5.41, 5.74) is 5.99. The van der Waals surface area contributed by atoms with Gasteiger partial charge in [-0.1, -0.05) is 46.0 Å². The summed E-state index contributed by atoms with van der Waals surface area (Å²) in [7, 11) is 0. The Hall–Kier alpha value is -0.280. The minimum absolute atomic E-state index is 0. The number of carbonyl (C=O) groups excluding carboxylic acids is 1. The summed E-state index contributed by atoms with van der Waals surface area (Å²) in [5.74, 6) is 0.638. The van der Waals surface area contributed by atoms with Crippen LogP contribution in [0.2, 0.25) is 0 Å². The fourth-order valence-electron chi connectivity index (χ4n) is 2.51. The molecular weight excluding hydrogens is 250 g/mol. The minimum atomic E-state index is -0.398. The molecular formula is C14H28ClNO2. The highest BCUT2D eigenvalue weighted by atomic mass is 35.5. The van der Waals surface area contributed by atoms with E-state index in [1.807, 2.05) is 0 Å². The molecule has 4 heteroatoms. The van der Waals surface area contributed by atoms with E-state index in [1.54, 1.807) is 0 Å². The first-order valence-electron chi connectivity index (χ1n) is 7.11. The van der Waals surface area contributed by atoms with Crippen LogP contribution in [0.4, 0.5) is 0 Å². The summed E-state index contributed by atoms with van der Waals surface area (Å²) >= 11 is 0. The summed E-state index contributed by atoms with van der Waals surface area (Å²) in [6.45, 7) is 4.79. The van der Waals surface area contributed by atoms with Crippen molar-refractivity contribution in [1.29, 1.82) is 0 Å². The zero-order chi connectivity index (χ0) is 12.7. The highest BCUT2D eigenvalue weighted by molar-refractivity contribution is 5.85. The van der Waals surface area contributed by atoms with Crippen LogP contribution in [0.15, 0.2) is 0 Å². The van der Waals surface area contributed by atoms with Crippen LogP contribution in [0.5, 0.6) is 0 Å². The zero-order valence-corrected chi connectivity index (χ0v) is 12.5. The molecule has 0 aromatic rings. The Morgan fingerprint density at radius 2 is 1.78 bits per heavy atom. The largest absolute Gasteiger partial charge is 0.464 e. The highest BCUT2D eigenvalue weighted by Crippen LogP contribution is 2.26. The number of hydrogen-bond acceptors (Lipinski definition) is 3. The maximum Gasteiger partial charge on any atom is 0.323 e. The Kier molecular flexibility index (Phi) is 9.47. The van der Waals surface area contributed by atoms with Crippen LogP contribution in [0.1, 0.15) is 58.8 Å². The predicted octanol–water partition coefficient (Wildman–Crippen LogP) is 3.30. The fourth-order valence-corrected chi connectivity index (χ4v) is 2.51. The lowest BCUT2D eigenvalue weighted by atomic mass is 9.84. The molecule has 0 unspecified atom stereocenters. The van der Waals surface area contributed by atoms with Gasteiger partial charge in [-0.25, -0.2) is 0 Å². The van der Waals surface area contributed by atoms with Crippen LogP contribution < -0.4 is 5.73 Å². The van der Waals surface area contributed by atoms with E-state index >= 15 is 0 Å². The number of carbonyl (C=O) groups is 1. The van der Waals surface area contributed by atoms with Crippen LogP contribution in [0.3, 0.4) is 0 Å². The Balaban J connectivity index is 0.00000289. The third-order valence-electron chi connectivity index (χ3n) is 4.05. The van der Waals surface area contributed by atoms with Gasteiger partial charge in [-0.05, 0) is 24.7 Å². The van der Waals surface area contributed by atoms with Gasteiger partial charge in [0.1, 0.15) is 6.04 Å². The van der Waals surface area contributed by atoms with Gasteiger partial charge in [0.25, 0.3) is 0 Å². The number of hydrogen-bond donors (Lipinski definition) is 1. The van der Waals surface area contributed by atoms with Gasteiger partial charge in [0, 0.05) is 0 Å². The van der Waals surface area contributed by atoms with Crippen molar-refractivity contribution < 1.29 is 9.53 Å². The number of halogens is 1. The fraction of sp³-hybridized carbons (Fsp3) is 0.929. The Labute approximate surface area is 117 Å². The van der Waals surface area contributed by atoms with Crippen molar-refractivity contribution in [1.82, 2.24) is 0 Å². The molecule has 0 aliphatic heterocycles. The predicted molar refractivity (Wildman–Crippen MR) is 76.8 cm³/mol. The van der Waals surface area contributed by atoms with Crippen LogP contribution in [-0.2, 0) is 9.53 Å². The lowest BCUT2D eigenvalue weighted by Gasteiger charge is -2.26. The van der Waals surface area contributed by atoms with Gasteiger partial charge in [-0.3, -0.25) is 4.79 Å². The smallest absolute Gasteiger partial charge is 0.323 e. The van der Waals surface area contributed by atoms with Gasteiger partial charge in [-0.2, -0.15) is 0 Å². The number of nitrogens with two attached hydrogens (primary N) is 1. The molecule has 2 N–H and O–H groups in total. The Morgan fingerprint density at radius 1 is 1.22 bits per heavy atom. The summed E-state index contributed by atoms with van der Waals surface area (Å²) in [6, 6.07) is -0.398. The van der Waals surface area contributed by atoms with E-state index in [4.69, 9.17) is 10.5 Å². The monoisotopic (exact) mass is 277 g/mol. The van der Waals surface area contributed by atoms with E-state index in [0.717, 1.165) is 25.7 Å². The second-order valence-corrected chi connectivity index (χ2v) is 5.24. The summed E-state index contributed by atoms with van der Waals surface area (Å²) in [4.78, 5) is 11.8. The lowest BCUT2D eigenvalue weighted by molar-refractivity contribution is -0.148. The SMILES string of the molecule is CCC(CC)COC(=O)[C@@H](N)C1CCCCC1.Cl. The van der Waals surface area contributed by atoms with Crippen LogP contribution >= 0.6 is 12.4 Å². The van der Waals surface area contributed by atoms with Gasteiger partial charge in [0.05, 0.1) is 6.61 Å². The second-order valence-electron chi connectivity index (χ2n) is 5.24. The van der Waals surface area contributed by atoms with Crippen LogP contribution in [-0.4, -0.2) is 18.6 Å². The molecule has 1 aliphatic carbocycles. The summed E-state index contributed by atoms with van der Waals surface area (Å²) in [5, 5.41) is 0. The average molecular weight is 278 g/mol. The zero-order valence-electron chi connectivity index (χ0n) is 11.7. The van der Waals surface area contributed by atoms with E-state index in [0.29, 0.717) is 18.4 Å². The first kappa shape index (κ1) is 17.7. The van der Waals surface area contributed by atoms with Crippen molar-refractivity contribution in [2.45, 2.75) is 64.8 Å². The Morgan fingerprint density at radius 3 is 2.28 bits per heavy atom. The maximum absolute atomic E-state index is 11.8. The van der Waals surface area contributed by atoms with Crippen molar-refractivity contribution in [2.24, 2.45) is 17.6 Å². The lowest BCUT2D eigenvalue weighted by Crippen LogP contribution is -2.40. The summed E-state index contributed by atoms with van der Waals surface area (Å²) in [6.07, 6.45) is 7.98. The molecule has 1 rings (SSSR count). The van der Waals surface area contributed by atoms with Crippen molar-refractivity contribution >= 4 is 18.4 Å². The molecule has 0 spiro atoms. The Bertz CT molecular complexity index is 226. The molecule has 108 valence electrons. The third-order valence-corrected chi connectivity index (χ3v) is 4.05. The van der Waals surface area contributed by atoms with Crippen LogP contribution in [0.25, 0.3) is 0 Å². The molecule has 0 radical (unpaired) electrons. The van der Waals surface area contributed by atoms with Crippen molar-refractivity contribution in [3.63, 3.8) is 0 Å². The molecule has 1 aliphatic rings.